The van der Waals surface area contributed by atoms with Crippen molar-refractivity contribution in [3.63, 3.8) is 0 Å². The van der Waals surface area contributed by atoms with Crippen LogP contribution in [0.5, 0.6) is 0 Å². The van der Waals surface area contributed by atoms with Crippen molar-refractivity contribution >= 4 is 15.9 Å². The lowest BCUT2D eigenvalue weighted by molar-refractivity contribution is 0.133. The zero-order chi connectivity index (χ0) is 10.0. The van der Waals surface area contributed by atoms with E-state index >= 15 is 0 Å². The molecule has 0 N–H and O–H groups in total. The van der Waals surface area contributed by atoms with E-state index in [1.54, 1.807) is 0 Å². The van der Waals surface area contributed by atoms with Crippen LogP contribution < -0.4 is 0 Å². The van der Waals surface area contributed by atoms with Crippen LogP contribution in [-0.4, -0.2) is 4.98 Å². The number of pyridine rings is 1. The van der Waals surface area contributed by atoms with Crippen LogP contribution in [-0.2, 0) is 0 Å². The first kappa shape index (κ1) is 10.4. The third-order valence-corrected chi connectivity index (χ3v) is 1.73. The summed E-state index contributed by atoms with van der Waals surface area (Å²) in [6.07, 6.45) is -5.68. The van der Waals surface area contributed by atoms with Crippen LogP contribution >= 0.6 is 15.9 Å². The molecule has 0 aromatic carbocycles. The van der Waals surface area contributed by atoms with Crippen molar-refractivity contribution in [2.24, 2.45) is 0 Å². The van der Waals surface area contributed by atoms with Gasteiger partial charge in [0, 0.05) is 4.47 Å². The van der Waals surface area contributed by atoms with Gasteiger partial charge in [-0.3, -0.25) is 0 Å². The molecule has 1 aromatic heterocycles. The quantitative estimate of drug-likeness (QED) is 0.736. The second kappa shape index (κ2) is 4.04. The number of hydrogen-bond donors (Lipinski definition) is 0. The largest absolute Gasteiger partial charge is 0.280 e. The SMILES string of the molecule is FC(F)c1cc(Br)cc(C(F)F)n1. The summed E-state index contributed by atoms with van der Waals surface area (Å²) >= 11 is 2.84. The Morgan fingerprint density at radius 1 is 1.00 bits per heavy atom. The molecule has 0 aliphatic rings. The molecule has 0 atom stereocenters. The zero-order valence-corrected chi connectivity index (χ0v) is 7.73. The standard InChI is InChI=1S/C7H4BrF4N/c8-3-1-4(6(9)10)13-5(2-3)7(11)12/h1-2,6-7H. The van der Waals surface area contributed by atoms with E-state index in [0.717, 1.165) is 12.1 Å². The van der Waals surface area contributed by atoms with Gasteiger partial charge in [-0.1, -0.05) is 15.9 Å². The summed E-state index contributed by atoms with van der Waals surface area (Å²) < 4.78 is 48.4. The minimum Gasteiger partial charge on any atom is -0.246 e. The summed E-state index contributed by atoms with van der Waals surface area (Å²) in [5.74, 6) is 0. The van der Waals surface area contributed by atoms with E-state index in [2.05, 4.69) is 20.9 Å². The highest BCUT2D eigenvalue weighted by molar-refractivity contribution is 9.10. The van der Waals surface area contributed by atoms with Crippen molar-refractivity contribution < 1.29 is 17.6 Å². The summed E-state index contributed by atoms with van der Waals surface area (Å²) in [4.78, 5) is 3.10. The molecule has 6 heteroatoms. The van der Waals surface area contributed by atoms with Gasteiger partial charge in [-0.2, -0.15) is 0 Å². The Hall–Kier alpha value is -0.650. The molecule has 0 aliphatic carbocycles. The van der Waals surface area contributed by atoms with E-state index in [4.69, 9.17) is 0 Å². The molecular weight excluding hydrogens is 254 g/mol. The van der Waals surface area contributed by atoms with Crippen LogP contribution in [0.3, 0.4) is 0 Å². The molecule has 1 nitrogen and oxygen atoms in total. The van der Waals surface area contributed by atoms with Gasteiger partial charge in [-0.25, -0.2) is 22.5 Å². The molecule has 0 unspecified atom stereocenters. The normalized spacial score (nSPS) is 11.3. The number of aromatic nitrogens is 1. The molecule has 13 heavy (non-hydrogen) atoms. The smallest absolute Gasteiger partial charge is 0.246 e. The van der Waals surface area contributed by atoms with Crippen molar-refractivity contribution in [1.29, 1.82) is 0 Å². The first-order valence-corrected chi connectivity index (χ1v) is 4.03. The van der Waals surface area contributed by atoms with E-state index in [-0.39, 0.29) is 4.47 Å². The van der Waals surface area contributed by atoms with E-state index in [1.165, 1.54) is 0 Å². The Labute approximate surface area is 79.9 Å². The van der Waals surface area contributed by atoms with Gasteiger partial charge in [0.05, 0.1) is 0 Å². The lowest BCUT2D eigenvalue weighted by atomic mass is 10.3. The van der Waals surface area contributed by atoms with Gasteiger partial charge in [0.2, 0.25) is 0 Å². The predicted octanol–water partition coefficient (Wildman–Crippen LogP) is 3.72. The molecular formula is C7H4BrF4N. The summed E-state index contributed by atoms with van der Waals surface area (Å²) in [6.45, 7) is 0. The highest BCUT2D eigenvalue weighted by atomic mass is 79.9. The van der Waals surface area contributed by atoms with E-state index < -0.39 is 24.2 Å². The Balaban J connectivity index is 3.11. The average molecular weight is 258 g/mol. The van der Waals surface area contributed by atoms with Crippen molar-refractivity contribution in [3.05, 3.63) is 28.0 Å². The summed E-state index contributed by atoms with van der Waals surface area (Å²) in [6, 6.07) is 2.02. The van der Waals surface area contributed by atoms with Gasteiger partial charge >= 0.3 is 0 Å². The lowest BCUT2D eigenvalue weighted by Gasteiger charge is -2.03. The Morgan fingerprint density at radius 2 is 1.38 bits per heavy atom. The predicted molar refractivity (Wildman–Crippen MR) is 41.9 cm³/mol. The van der Waals surface area contributed by atoms with Crippen LogP contribution in [0.15, 0.2) is 16.6 Å². The summed E-state index contributed by atoms with van der Waals surface area (Å²) in [5.41, 5.74) is -1.30. The van der Waals surface area contributed by atoms with Gasteiger partial charge in [0.25, 0.3) is 12.9 Å². The summed E-state index contributed by atoms with van der Waals surface area (Å²) in [5, 5.41) is 0. The van der Waals surface area contributed by atoms with Gasteiger partial charge in [0.1, 0.15) is 11.4 Å². The van der Waals surface area contributed by atoms with E-state index in [1.807, 2.05) is 0 Å². The van der Waals surface area contributed by atoms with Crippen molar-refractivity contribution in [3.8, 4) is 0 Å². The van der Waals surface area contributed by atoms with E-state index in [9.17, 15) is 17.6 Å². The van der Waals surface area contributed by atoms with Crippen LogP contribution in [0, 0.1) is 0 Å². The van der Waals surface area contributed by atoms with Crippen LogP contribution in [0.4, 0.5) is 17.6 Å². The molecule has 1 heterocycles. The third kappa shape index (κ3) is 2.65. The van der Waals surface area contributed by atoms with Gasteiger partial charge < -0.3 is 0 Å². The van der Waals surface area contributed by atoms with E-state index in [0.29, 0.717) is 0 Å². The molecule has 0 radical (unpaired) electrons. The highest BCUT2D eigenvalue weighted by Crippen LogP contribution is 2.25. The zero-order valence-electron chi connectivity index (χ0n) is 6.15. The second-order valence-electron chi connectivity index (χ2n) is 2.24. The Bertz CT molecular complexity index is 276. The topological polar surface area (TPSA) is 12.9 Å². The molecule has 0 bridgehead atoms. The molecule has 0 amide bonds. The van der Waals surface area contributed by atoms with Gasteiger partial charge in [0.15, 0.2) is 0 Å². The Kier molecular flexibility index (Phi) is 3.24. The first-order valence-electron chi connectivity index (χ1n) is 3.24. The molecule has 0 spiro atoms. The van der Waals surface area contributed by atoms with Crippen LogP contribution in [0.25, 0.3) is 0 Å². The number of alkyl halides is 4. The third-order valence-electron chi connectivity index (χ3n) is 1.28. The first-order chi connectivity index (χ1) is 6.00. The van der Waals surface area contributed by atoms with Crippen molar-refractivity contribution in [2.75, 3.05) is 0 Å². The molecule has 1 rings (SSSR count). The maximum Gasteiger partial charge on any atom is 0.280 e. The molecule has 72 valence electrons. The maximum absolute atomic E-state index is 12.1. The molecule has 0 aliphatic heterocycles. The highest BCUT2D eigenvalue weighted by Gasteiger charge is 2.15. The molecule has 0 fully saturated rings. The maximum atomic E-state index is 12.1. The minimum absolute atomic E-state index is 0.174. The lowest BCUT2D eigenvalue weighted by Crippen LogP contribution is -1.96. The number of rotatable bonds is 2. The Morgan fingerprint density at radius 3 is 1.69 bits per heavy atom. The van der Waals surface area contributed by atoms with Crippen LogP contribution in [0.2, 0.25) is 0 Å². The summed E-state index contributed by atoms with van der Waals surface area (Å²) in [7, 11) is 0. The van der Waals surface area contributed by atoms with Crippen LogP contribution in [0.1, 0.15) is 24.2 Å². The second-order valence-corrected chi connectivity index (χ2v) is 3.15. The fourth-order valence-corrected chi connectivity index (χ4v) is 1.23. The monoisotopic (exact) mass is 257 g/mol. The number of halogens is 5. The fraction of sp³-hybridized carbons (Fsp3) is 0.286. The average Bonchev–Trinajstić information content (AvgIpc) is 2.03. The van der Waals surface area contributed by atoms with Crippen molar-refractivity contribution in [1.82, 2.24) is 4.98 Å². The minimum atomic E-state index is -2.84. The van der Waals surface area contributed by atoms with Gasteiger partial charge in [-0.15, -0.1) is 0 Å². The number of nitrogens with zero attached hydrogens (tertiary/aromatic N) is 1. The molecule has 1 aromatic rings. The van der Waals surface area contributed by atoms with Crippen molar-refractivity contribution in [2.45, 2.75) is 12.9 Å². The molecule has 0 saturated carbocycles. The fourth-order valence-electron chi connectivity index (χ4n) is 0.761. The molecule has 0 saturated heterocycles. The van der Waals surface area contributed by atoms with Gasteiger partial charge in [-0.05, 0) is 12.1 Å². The number of hydrogen-bond acceptors (Lipinski definition) is 1.